The van der Waals surface area contributed by atoms with Crippen molar-refractivity contribution in [1.82, 2.24) is 25.9 Å². The lowest BCUT2D eigenvalue weighted by Crippen LogP contribution is -2.58. The molecule has 0 fully saturated rings. The average molecular weight is 532 g/mol. The number of H-pyrrole nitrogens is 1. The Kier molecular flexibility index (Phi) is 6.23. The van der Waals surface area contributed by atoms with E-state index in [0.29, 0.717) is 22.4 Å². The van der Waals surface area contributed by atoms with Crippen LogP contribution in [-0.4, -0.2) is 44.9 Å². The van der Waals surface area contributed by atoms with E-state index in [4.69, 9.17) is 0 Å². The van der Waals surface area contributed by atoms with E-state index in [2.05, 4.69) is 31.1 Å². The fourth-order valence-electron chi connectivity index (χ4n) is 4.63. The molecule has 5 aromatic rings. The number of aliphatic imine (C=N–C) groups is 1. The van der Waals surface area contributed by atoms with Gasteiger partial charge in [-0.2, -0.15) is 10.1 Å². The minimum atomic E-state index is -0.909. The number of hydrogen-bond donors (Lipinski definition) is 4. The summed E-state index contributed by atoms with van der Waals surface area (Å²) in [5, 5.41) is 5.22. The summed E-state index contributed by atoms with van der Waals surface area (Å²) in [6.07, 6.45) is 1.82. The predicted octanol–water partition coefficient (Wildman–Crippen LogP) is 3.54. The predicted molar refractivity (Wildman–Crippen MR) is 147 cm³/mol. The van der Waals surface area contributed by atoms with Gasteiger partial charge < -0.3 is 10.3 Å². The van der Waals surface area contributed by atoms with Gasteiger partial charge >= 0.3 is 5.91 Å². The lowest BCUT2D eigenvalue weighted by Gasteiger charge is -2.25. The van der Waals surface area contributed by atoms with E-state index in [-0.39, 0.29) is 17.1 Å². The highest BCUT2D eigenvalue weighted by atomic mass is 16.2. The van der Waals surface area contributed by atoms with E-state index >= 15 is 0 Å². The van der Waals surface area contributed by atoms with E-state index in [9.17, 15) is 19.2 Å². The third-order valence-corrected chi connectivity index (χ3v) is 6.57. The van der Waals surface area contributed by atoms with Crippen molar-refractivity contribution in [3.05, 3.63) is 102 Å². The molecule has 6 rings (SSSR count). The maximum absolute atomic E-state index is 13.8. The van der Waals surface area contributed by atoms with Crippen LogP contribution in [0.3, 0.4) is 0 Å². The van der Waals surface area contributed by atoms with Crippen LogP contribution in [0.15, 0.2) is 89.9 Å². The zero-order valence-corrected chi connectivity index (χ0v) is 20.8. The monoisotopic (exact) mass is 531 g/mol. The number of aromatic amines is 1. The third-order valence-electron chi connectivity index (χ3n) is 6.57. The number of nitrogens with zero attached hydrogens (tertiary/aromatic N) is 3. The van der Waals surface area contributed by atoms with Gasteiger partial charge in [0.25, 0.3) is 11.8 Å². The van der Waals surface area contributed by atoms with Crippen LogP contribution in [0.25, 0.3) is 21.8 Å². The summed E-state index contributed by atoms with van der Waals surface area (Å²) in [6, 6.07) is 24.2. The number of hydrogen-bond acceptors (Lipinski definition) is 7. The van der Waals surface area contributed by atoms with Gasteiger partial charge in [-0.3, -0.25) is 14.4 Å². The highest BCUT2D eigenvalue weighted by Gasteiger charge is 2.31. The largest absolute Gasteiger partial charge is 0.373 e. The van der Waals surface area contributed by atoms with Gasteiger partial charge in [-0.15, -0.1) is 0 Å². The number of nitrogens with one attached hydrogen (secondary N) is 4. The summed E-state index contributed by atoms with van der Waals surface area (Å²) in [5.74, 6) is -2.16. The van der Waals surface area contributed by atoms with Crippen molar-refractivity contribution in [1.29, 1.82) is 0 Å². The summed E-state index contributed by atoms with van der Waals surface area (Å²) in [7, 11) is 0. The van der Waals surface area contributed by atoms with E-state index in [1.54, 1.807) is 30.3 Å². The summed E-state index contributed by atoms with van der Waals surface area (Å²) in [6.45, 7) is 0. The number of benzene rings is 3. The fraction of sp³-hybridized carbons (Fsp3) is 0.0690. The lowest BCUT2D eigenvalue weighted by atomic mass is 10.1. The van der Waals surface area contributed by atoms with E-state index in [1.807, 2.05) is 48.5 Å². The van der Waals surface area contributed by atoms with E-state index in [1.165, 1.54) is 12.1 Å². The molecule has 3 amide bonds. The van der Waals surface area contributed by atoms with E-state index in [0.717, 1.165) is 22.2 Å². The van der Waals surface area contributed by atoms with Gasteiger partial charge in [0.2, 0.25) is 6.08 Å². The fourth-order valence-corrected chi connectivity index (χ4v) is 4.63. The van der Waals surface area contributed by atoms with Crippen LogP contribution >= 0.6 is 0 Å². The molecule has 11 heteroatoms. The molecule has 11 nitrogen and oxygen atoms in total. The summed E-state index contributed by atoms with van der Waals surface area (Å²) in [5.41, 5.74) is 7.73. The Hall–Kier alpha value is -5.80. The molecule has 0 radical (unpaired) electrons. The van der Waals surface area contributed by atoms with Gasteiger partial charge in [0.05, 0.1) is 5.52 Å². The number of anilines is 1. The Morgan fingerprint density at radius 2 is 1.68 bits per heavy atom. The molecule has 3 heterocycles. The molecule has 1 aliphatic heterocycles. The highest BCUT2D eigenvalue weighted by Crippen LogP contribution is 2.26. The molecule has 196 valence electrons. The first-order valence-corrected chi connectivity index (χ1v) is 12.4. The van der Waals surface area contributed by atoms with Gasteiger partial charge in [-0.1, -0.05) is 54.6 Å². The van der Waals surface area contributed by atoms with Crippen LogP contribution in [-0.2, 0) is 16.0 Å². The van der Waals surface area contributed by atoms with Crippen LogP contribution in [0.4, 0.5) is 11.4 Å². The van der Waals surface area contributed by atoms with Gasteiger partial charge in [0.1, 0.15) is 17.4 Å². The Balaban J connectivity index is 1.34. The smallest absolute Gasteiger partial charge is 0.312 e. The molecule has 0 aliphatic carbocycles. The topological polar surface area (TPSA) is 149 Å². The zero-order chi connectivity index (χ0) is 27.6. The highest BCUT2D eigenvalue weighted by molar-refractivity contribution is 6.04. The number of aromatic nitrogens is 2. The number of para-hydroxylation sites is 3. The number of isocyanates is 1. The first kappa shape index (κ1) is 24.5. The van der Waals surface area contributed by atoms with Crippen molar-refractivity contribution in [2.75, 3.05) is 5.32 Å². The first-order valence-electron chi connectivity index (χ1n) is 12.4. The lowest BCUT2D eigenvalue weighted by molar-refractivity contribution is -0.126. The molecule has 1 aliphatic rings. The van der Waals surface area contributed by atoms with Crippen molar-refractivity contribution in [3.63, 3.8) is 0 Å². The number of carbonyl (C=O) groups is 3. The summed E-state index contributed by atoms with van der Waals surface area (Å²) in [4.78, 5) is 62.6. The second kappa shape index (κ2) is 10.2. The van der Waals surface area contributed by atoms with Crippen LogP contribution in [0.2, 0.25) is 0 Å². The van der Waals surface area contributed by atoms with Crippen LogP contribution in [0.1, 0.15) is 26.5 Å². The number of hydrazine groups is 2. The first-order chi connectivity index (χ1) is 19.5. The number of carbonyl (C=O) groups excluding carboxylic acids is 4. The van der Waals surface area contributed by atoms with Gasteiger partial charge in [0.15, 0.2) is 5.69 Å². The molecule has 0 saturated carbocycles. The van der Waals surface area contributed by atoms with Gasteiger partial charge in [0, 0.05) is 28.4 Å². The number of rotatable bonds is 4. The zero-order valence-electron chi connectivity index (χ0n) is 20.8. The second-order valence-electron chi connectivity index (χ2n) is 9.14. The Labute approximate surface area is 226 Å². The molecular weight excluding hydrogens is 510 g/mol. The normalized spacial score (nSPS) is 13.7. The number of amides is 3. The Morgan fingerprint density at radius 1 is 0.925 bits per heavy atom. The molecule has 40 heavy (non-hydrogen) atoms. The minimum absolute atomic E-state index is 0.0655. The quantitative estimate of drug-likeness (QED) is 0.158. The van der Waals surface area contributed by atoms with Crippen molar-refractivity contribution < 1.29 is 19.2 Å². The van der Waals surface area contributed by atoms with E-state index < -0.39 is 23.8 Å². The molecule has 0 saturated heterocycles. The molecule has 1 unspecified atom stereocenters. The molecule has 2 aromatic heterocycles. The maximum atomic E-state index is 13.8. The van der Waals surface area contributed by atoms with Gasteiger partial charge in [-0.25, -0.2) is 20.6 Å². The molecule has 1 atom stereocenters. The van der Waals surface area contributed by atoms with Crippen molar-refractivity contribution >= 4 is 57.0 Å². The molecule has 0 spiro atoms. The van der Waals surface area contributed by atoms with Crippen LogP contribution in [0.5, 0.6) is 0 Å². The van der Waals surface area contributed by atoms with Crippen molar-refractivity contribution in [2.24, 2.45) is 4.99 Å². The SMILES string of the molecule is O=C=Nc1cc2ccccc2nc1C(=O)N(NC(=O)c1cc2ccccc2[nH]1)NC(=O)C1Cc2ccccc2N1. The third kappa shape index (κ3) is 4.64. The number of pyridine rings is 1. The molecular formula is C29H21N7O4. The number of fused-ring (bicyclic) bond motifs is 3. The van der Waals surface area contributed by atoms with Crippen LogP contribution in [0, 0.1) is 0 Å². The Morgan fingerprint density at radius 3 is 2.48 bits per heavy atom. The Bertz CT molecular complexity index is 1800. The van der Waals surface area contributed by atoms with Crippen molar-refractivity contribution in [3.8, 4) is 0 Å². The molecule has 4 N–H and O–H groups in total. The maximum Gasteiger partial charge on any atom is 0.312 e. The molecule has 0 bridgehead atoms. The second-order valence-corrected chi connectivity index (χ2v) is 9.14. The minimum Gasteiger partial charge on any atom is -0.373 e. The van der Waals surface area contributed by atoms with Gasteiger partial charge in [-0.05, 0) is 35.9 Å². The standard InChI is InChI=1S/C29H21N7O4/c37-16-30-23-13-17-7-3-6-12-22(17)33-26(23)29(40)36(34-27(38)24-14-18-8-1-4-10-20(18)31-24)35-28(39)25-15-19-9-2-5-11-21(19)32-25/h1-14,25,31-32H,15H2,(H,34,38)(H,35,39). The van der Waals surface area contributed by atoms with Crippen molar-refractivity contribution in [2.45, 2.75) is 12.5 Å². The summed E-state index contributed by atoms with van der Waals surface area (Å²) >= 11 is 0. The van der Waals surface area contributed by atoms with Crippen LogP contribution < -0.4 is 16.2 Å². The average Bonchev–Trinajstić information content (AvgIpc) is 3.61. The molecule has 3 aromatic carbocycles. The summed E-state index contributed by atoms with van der Waals surface area (Å²) < 4.78 is 0.